The lowest BCUT2D eigenvalue weighted by Gasteiger charge is -2.08. The summed E-state index contributed by atoms with van der Waals surface area (Å²) < 4.78 is 0. The van der Waals surface area contributed by atoms with E-state index >= 15 is 0 Å². The van der Waals surface area contributed by atoms with Gasteiger partial charge in [-0.2, -0.15) is 5.26 Å². The number of fused-ring (bicyclic) bond motifs is 1. The Hall–Kier alpha value is -1.86. The first-order chi connectivity index (χ1) is 8.72. The van der Waals surface area contributed by atoms with E-state index in [1.807, 2.05) is 19.9 Å². The Kier molecular flexibility index (Phi) is 3.96. The first-order valence-electron chi connectivity index (χ1n) is 6.28. The number of aromatic nitrogens is 2. The van der Waals surface area contributed by atoms with Gasteiger partial charge >= 0.3 is 0 Å². The molecule has 0 amide bonds. The minimum Gasteiger partial charge on any atom is -0.342 e. The molecule has 1 aromatic heterocycles. The predicted molar refractivity (Wildman–Crippen MR) is 71.9 cm³/mol. The average Bonchev–Trinajstić information content (AvgIpc) is 2.74. The van der Waals surface area contributed by atoms with Gasteiger partial charge in [-0.25, -0.2) is 4.98 Å². The average molecular weight is 242 g/mol. The lowest BCUT2D eigenvalue weighted by molar-refractivity contribution is 0.553. The Balaban J connectivity index is 1.97. The van der Waals surface area contributed by atoms with Gasteiger partial charge in [-0.05, 0) is 31.0 Å². The Bertz CT molecular complexity index is 565. The molecule has 2 rings (SSSR count). The van der Waals surface area contributed by atoms with Crippen LogP contribution in [0.3, 0.4) is 0 Å². The van der Waals surface area contributed by atoms with Crippen molar-refractivity contribution in [1.29, 1.82) is 5.26 Å². The highest BCUT2D eigenvalue weighted by Crippen LogP contribution is 2.13. The molecule has 94 valence electrons. The third-order valence-corrected chi connectivity index (χ3v) is 3.06. The Labute approximate surface area is 107 Å². The van der Waals surface area contributed by atoms with E-state index in [0.717, 1.165) is 36.4 Å². The maximum atomic E-state index is 8.86. The summed E-state index contributed by atoms with van der Waals surface area (Å²) in [5, 5.41) is 12.2. The van der Waals surface area contributed by atoms with Crippen LogP contribution in [0.1, 0.15) is 24.7 Å². The molecule has 0 aliphatic rings. The van der Waals surface area contributed by atoms with Crippen molar-refractivity contribution in [3.8, 4) is 6.07 Å². The fourth-order valence-electron chi connectivity index (χ4n) is 1.97. The van der Waals surface area contributed by atoms with Crippen LogP contribution in [0.15, 0.2) is 18.2 Å². The summed E-state index contributed by atoms with van der Waals surface area (Å²) in [7, 11) is 0. The molecule has 1 atom stereocenters. The van der Waals surface area contributed by atoms with Crippen LogP contribution in [0.4, 0.5) is 0 Å². The SMILES string of the molecule is CCC(C#N)CNCc1ccc2nc(C)[nH]c2c1. The molecule has 2 N–H and O–H groups in total. The standard InChI is InChI=1S/C14H18N4/c1-3-11(7-15)8-16-9-12-4-5-13-14(6-12)18-10(2)17-13/h4-6,11,16H,3,8-9H2,1-2H3,(H,17,18). The van der Waals surface area contributed by atoms with Gasteiger partial charge in [0.1, 0.15) is 5.82 Å². The van der Waals surface area contributed by atoms with Gasteiger partial charge in [-0.1, -0.05) is 13.0 Å². The molecule has 4 nitrogen and oxygen atoms in total. The zero-order valence-electron chi connectivity index (χ0n) is 10.8. The van der Waals surface area contributed by atoms with Crippen molar-refractivity contribution in [3.05, 3.63) is 29.6 Å². The van der Waals surface area contributed by atoms with Crippen molar-refractivity contribution in [1.82, 2.24) is 15.3 Å². The number of hydrogen-bond donors (Lipinski definition) is 2. The van der Waals surface area contributed by atoms with E-state index in [2.05, 4.69) is 33.5 Å². The number of nitrogens with one attached hydrogen (secondary N) is 2. The third-order valence-electron chi connectivity index (χ3n) is 3.06. The maximum absolute atomic E-state index is 8.86. The number of aromatic amines is 1. The van der Waals surface area contributed by atoms with Gasteiger partial charge in [0, 0.05) is 13.1 Å². The zero-order valence-corrected chi connectivity index (χ0v) is 10.8. The summed E-state index contributed by atoms with van der Waals surface area (Å²) in [5.41, 5.74) is 3.28. The van der Waals surface area contributed by atoms with Gasteiger partial charge in [-0.15, -0.1) is 0 Å². The Morgan fingerprint density at radius 3 is 3.06 bits per heavy atom. The highest BCUT2D eigenvalue weighted by Gasteiger charge is 2.04. The van der Waals surface area contributed by atoms with Gasteiger partial charge in [0.2, 0.25) is 0 Å². The highest BCUT2D eigenvalue weighted by atomic mass is 14.9. The lowest BCUT2D eigenvalue weighted by Crippen LogP contribution is -2.21. The van der Waals surface area contributed by atoms with Crippen LogP contribution in [-0.4, -0.2) is 16.5 Å². The fourth-order valence-corrected chi connectivity index (χ4v) is 1.97. The topological polar surface area (TPSA) is 64.5 Å². The van der Waals surface area contributed by atoms with Crippen LogP contribution in [0.25, 0.3) is 11.0 Å². The molecule has 0 aliphatic heterocycles. The zero-order chi connectivity index (χ0) is 13.0. The number of nitrogens with zero attached hydrogens (tertiary/aromatic N) is 2. The molecule has 0 radical (unpaired) electrons. The lowest BCUT2D eigenvalue weighted by atomic mass is 10.1. The molecular formula is C14H18N4. The van der Waals surface area contributed by atoms with Crippen LogP contribution in [0, 0.1) is 24.2 Å². The normalized spacial score (nSPS) is 12.5. The van der Waals surface area contributed by atoms with E-state index in [0.29, 0.717) is 0 Å². The molecule has 1 heterocycles. The highest BCUT2D eigenvalue weighted by molar-refractivity contribution is 5.75. The van der Waals surface area contributed by atoms with Gasteiger partial charge in [0.15, 0.2) is 0 Å². The van der Waals surface area contributed by atoms with Crippen molar-refractivity contribution in [2.75, 3.05) is 6.54 Å². The molecule has 2 aromatic rings. The maximum Gasteiger partial charge on any atom is 0.104 e. The van der Waals surface area contributed by atoms with E-state index in [1.54, 1.807) is 0 Å². The number of hydrogen-bond acceptors (Lipinski definition) is 3. The van der Waals surface area contributed by atoms with Gasteiger partial charge in [0.25, 0.3) is 0 Å². The second kappa shape index (κ2) is 5.65. The van der Waals surface area contributed by atoms with Crippen LogP contribution < -0.4 is 5.32 Å². The molecule has 0 aliphatic carbocycles. The first kappa shape index (κ1) is 12.6. The molecule has 18 heavy (non-hydrogen) atoms. The molecular weight excluding hydrogens is 224 g/mol. The van der Waals surface area contributed by atoms with Crippen molar-refractivity contribution < 1.29 is 0 Å². The van der Waals surface area contributed by atoms with E-state index in [9.17, 15) is 0 Å². The molecule has 0 saturated carbocycles. The molecule has 0 saturated heterocycles. The third kappa shape index (κ3) is 2.88. The minimum atomic E-state index is 0.100. The summed E-state index contributed by atoms with van der Waals surface area (Å²) in [4.78, 5) is 7.60. The Morgan fingerprint density at radius 1 is 1.50 bits per heavy atom. The summed E-state index contributed by atoms with van der Waals surface area (Å²) >= 11 is 0. The van der Waals surface area contributed by atoms with Gasteiger partial charge in [-0.3, -0.25) is 0 Å². The number of benzene rings is 1. The van der Waals surface area contributed by atoms with Crippen LogP contribution in [0.2, 0.25) is 0 Å². The van der Waals surface area contributed by atoms with E-state index in [1.165, 1.54) is 5.56 Å². The second-order valence-corrected chi connectivity index (χ2v) is 4.54. The second-order valence-electron chi connectivity index (χ2n) is 4.54. The van der Waals surface area contributed by atoms with E-state index < -0.39 is 0 Å². The van der Waals surface area contributed by atoms with Crippen LogP contribution in [0.5, 0.6) is 0 Å². The first-order valence-corrected chi connectivity index (χ1v) is 6.28. The molecule has 1 unspecified atom stereocenters. The van der Waals surface area contributed by atoms with Crippen molar-refractivity contribution in [3.63, 3.8) is 0 Å². The number of H-pyrrole nitrogens is 1. The number of aryl methyl sites for hydroxylation is 1. The molecule has 4 heteroatoms. The van der Waals surface area contributed by atoms with E-state index in [-0.39, 0.29) is 5.92 Å². The summed E-state index contributed by atoms with van der Waals surface area (Å²) in [6.07, 6.45) is 0.891. The number of rotatable bonds is 5. The smallest absolute Gasteiger partial charge is 0.104 e. The predicted octanol–water partition coefficient (Wildman–Crippen LogP) is 2.51. The molecule has 0 spiro atoms. The summed E-state index contributed by atoms with van der Waals surface area (Å²) in [5.74, 6) is 1.04. The molecule has 0 fully saturated rings. The number of nitriles is 1. The summed E-state index contributed by atoms with van der Waals surface area (Å²) in [6, 6.07) is 8.50. The minimum absolute atomic E-state index is 0.100. The van der Waals surface area contributed by atoms with Gasteiger partial charge < -0.3 is 10.3 Å². The molecule has 1 aromatic carbocycles. The fraction of sp³-hybridized carbons (Fsp3) is 0.429. The largest absolute Gasteiger partial charge is 0.342 e. The van der Waals surface area contributed by atoms with Crippen LogP contribution in [-0.2, 0) is 6.54 Å². The Morgan fingerprint density at radius 2 is 2.33 bits per heavy atom. The molecule has 0 bridgehead atoms. The van der Waals surface area contributed by atoms with Crippen molar-refractivity contribution in [2.45, 2.75) is 26.8 Å². The van der Waals surface area contributed by atoms with Crippen LogP contribution >= 0.6 is 0 Å². The van der Waals surface area contributed by atoms with E-state index in [4.69, 9.17) is 5.26 Å². The quantitative estimate of drug-likeness (QED) is 0.846. The van der Waals surface area contributed by atoms with Crippen molar-refractivity contribution in [2.24, 2.45) is 5.92 Å². The monoisotopic (exact) mass is 242 g/mol. The summed E-state index contributed by atoms with van der Waals surface area (Å²) in [6.45, 7) is 5.52. The van der Waals surface area contributed by atoms with Crippen molar-refractivity contribution >= 4 is 11.0 Å². The number of imidazole rings is 1. The van der Waals surface area contributed by atoms with Gasteiger partial charge in [0.05, 0.1) is 23.0 Å².